The second-order valence-corrected chi connectivity index (χ2v) is 12.9. The molecule has 0 aromatic carbocycles. The lowest BCUT2D eigenvalue weighted by Gasteiger charge is -2.63. The van der Waals surface area contributed by atoms with Crippen LogP contribution in [0.4, 0.5) is 0 Å². The van der Waals surface area contributed by atoms with E-state index in [0.29, 0.717) is 18.8 Å². The molecule has 7 heteroatoms. The Morgan fingerprint density at radius 1 is 1.08 bits per heavy atom. The maximum absolute atomic E-state index is 12.5. The molecule has 4 rings (SSSR count). The van der Waals surface area contributed by atoms with E-state index in [1.54, 1.807) is 0 Å². The first-order chi connectivity index (χ1) is 16.9. The summed E-state index contributed by atoms with van der Waals surface area (Å²) in [7, 11) is 0. The van der Waals surface area contributed by atoms with Crippen LogP contribution >= 0.6 is 0 Å². The van der Waals surface area contributed by atoms with E-state index < -0.39 is 24.2 Å². The molecule has 12 atom stereocenters. The van der Waals surface area contributed by atoms with Crippen molar-refractivity contribution in [2.45, 2.75) is 109 Å². The lowest BCUT2D eigenvalue weighted by molar-refractivity contribution is -0.207. The van der Waals surface area contributed by atoms with Crippen LogP contribution in [0.2, 0.25) is 0 Å². The van der Waals surface area contributed by atoms with Gasteiger partial charge in [0.15, 0.2) is 0 Å². The summed E-state index contributed by atoms with van der Waals surface area (Å²) in [5.74, 6) is 2.23. The quantitative estimate of drug-likeness (QED) is 0.340. The van der Waals surface area contributed by atoms with Gasteiger partial charge in [-0.2, -0.15) is 0 Å². The standard InChI is InChI=1S/C29H45NO6/c1-5-6-22(27(35)36)30-25(34)10-7-16(2)19-8-9-20-26-21(15-24(33)29(19,20)4)28(3)12-11-18(31)13-17(28)14-23(26)32/h1,16-24,26,31-33H,6-15H2,2-4H3,(H,30,34)(H,35,36). The summed E-state index contributed by atoms with van der Waals surface area (Å²) in [6.07, 6.45) is 10.7. The van der Waals surface area contributed by atoms with Crippen molar-refractivity contribution < 1.29 is 30.0 Å². The Hall–Kier alpha value is -1.62. The van der Waals surface area contributed by atoms with Crippen LogP contribution in [0, 0.1) is 58.7 Å². The number of carbonyl (C=O) groups excluding carboxylic acids is 1. The number of hydrogen-bond acceptors (Lipinski definition) is 5. The van der Waals surface area contributed by atoms with E-state index in [9.17, 15) is 30.0 Å². The smallest absolute Gasteiger partial charge is 0.327 e. The topological polar surface area (TPSA) is 127 Å². The predicted octanol–water partition coefficient (Wildman–Crippen LogP) is 2.96. The molecule has 1 amide bonds. The average molecular weight is 504 g/mol. The number of carboxylic acid groups (broad SMARTS) is 1. The molecule has 0 radical (unpaired) electrons. The first-order valence-corrected chi connectivity index (χ1v) is 13.9. The number of rotatable bonds is 7. The number of aliphatic hydroxyl groups is 3. The van der Waals surface area contributed by atoms with Gasteiger partial charge in [0, 0.05) is 12.8 Å². The zero-order chi connectivity index (χ0) is 26.4. The van der Waals surface area contributed by atoms with E-state index in [-0.39, 0.29) is 65.3 Å². The third kappa shape index (κ3) is 4.59. The largest absolute Gasteiger partial charge is 0.480 e. The fourth-order valence-corrected chi connectivity index (χ4v) is 9.28. The molecule has 4 saturated carbocycles. The molecule has 36 heavy (non-hydrogen) atoms. The number of amides is 1. The number of nitrogens with one attached hydrogen (secondary N) is 1. The Labute approximate surface area is 215 Å². The molecular weight excluding hydrogens is 458 g/mol. The maximum atomic E-state index is 12.5. The highest BCUT2D eigenvalue weighted by Crippen LogP contribution is 2.68. The molecule has 0 spiro atoms. The lowest BCUT2D eigenvalue weighted by Crippen LogP contribution is -2.62. The van der Waals surface area contributed by atoms with Crippen molar-refractivity contribution in [3.05, 3.63) is 0 Å². The van der Waals surface area contributed by atoms with Crippen LogP contribution in [0.5, 0.6) is 0 Å². The molecule has 7 nitrogen and oxygen atoms in total. The molecule has 0 bridgehead atoms. The molecule has 5 N–H and O–H groups in total. The van der Waals surface area contributed by atoms with Crippen molar-refractivity contribution in [1.82, 2.24) is 5.32 Å². The van der Waals surface area contributed by atoms with Crippen molar-refractivity contribution in [3.8, 4) is 12.3 Å². The number of aliphatic carboxylic acids is 1. The minimum Gasteiger partial charge on any atom is -0.480 e. The van der Waals surface area contributed by atoms with Crippen molar-refractivity contribution in [2.75, 3.05) is 0 Å². The summed E-state index contributed by atoms with van der Waals surface area (Å²) in [6.45, 7) is 6.67. The molecule has 0 aromatic rings. The van der Waals surface area contributed by atoms with Gasteiger partial charge in [0.1, 0.15) is 6.04 Å². The van der Waals surface area contributed by atoms with E-state index in [1.165, 1.54) is 0 Å². The highest BCUT2D eigenvalue weighted by molar-refractivity contribution is 5.83. The molecule has 0 aromatic heterocycles. The predicted molar refractivity (Wildman–Crippen MR) is 135 cm³/mol. The zero-order valence-electron chi connectivity index (χ0n) is 22.0. The highest BCUT2D eigenvalue weighted by Gasteiger charge is 2.65. The van der Waals surface area contributed by atoms with Gasteiger partial charge >= 0.3 is 5.97 Å². The van der Waals surface area contributed by atoms with E-state index in [0.717, 1.165) is 38.5 Å². The van der Waals surface area contributed by atoms with Crippen LogP contribution in [0.1, 0.15) is 85.0 Å². The minimum atomic E-state index is -1.13. The van der Waals surface area contributed by atoms with Gasteiger partial charge in [0.05, 0.1) is 18.3 Å². The monoisotopic (exact) mass is 503 g/mol. The van der Waals surface area contributed by atoms with E-state index in [1.807, 2.05) is 0 Å². The van der Waals surface area contributed by atoms with Crippen LogP contribution in [0.3, 0.4) is 0 Å². The van der Waals surface area contributed by atoms with Gasteiger partial charge in [-0.1, -0.05) is 20.8 Å². The Morgan fingerprint density at radius 2 is 1.81 bits per heavy atom. The number of carboxylic acids is 1. The normalized spacial score (nSPS) is 45.4. The minimum absolute atomic E-state index is 0.0468. The highest BCUT2D eigenvalue weighted by atomic mass is 16.4. The maximum Gasteiger partial charge on any atom is 0.327 e. The molecule has 202 valence electrons. The number of terminal acetylenes is 1. The first kappa shape index (κ1) is 27.4. The molecule has 12 unspecified atom stereocenters. The Kier molecular flexibility index (Phi) is 7.82. The Bertz CT molecular complexity index is 885. The third-order valence-electron chi connectivity index (χ3n) is 11.3. The zero-order valence-corrected chi connectivity index (χ0v) is 22.0. The van der Waals surface area contributed by atoms with Gasteiger partial charge in [-0.3, -0.25) is 4.79 Å². The summed E-state index contributed by atoms with van der Waals surface area (Å²) < 4.78 is 0. The van der Waals surface area contributed by atoms with Crippen LogP contribution < -0.4 is 5.32 Å². The summed E-state index contributed by atoms with van der Waals surface area (Å²) in [5.41, 5.74) is -0.269. The van der Waals surface area contributed by atoms with Crippen molar-refractivity contribution in [2.24, 2.45) is 46.3 Å². The fraction of sp³-hybridized carbons (Fsp3) is 0.862. The van der Waals surface area contributed by atoms with Crippen molar-refractivity contribution >= 4 is 11.9 Å². The van der Waals surface area contributed by atoms with Gasteiger partial charge in [-0.25, -0.2) is 4.79 Å². The summed E-state index contributed by atoms with van der Waals surface area (Å²) in [5, 5.41) is 45.1. The molecule has 0 saturated heterocycles. The SMILES string of the molecule is C#CCC(NC(=O)CCC(C)C1CCC2C3C(O)CC4CC(O)CCC4(C)C3CC(O)C12C)C(=O)O. The third-order valence-corrected chi connectivity index (χ3v) is 11.3. The van der Waals surface area contributed by atoms with Crippen molar-refractivity contribution in [3.63, 3.8) is 0 Å². The first-order valence-electron chi connectivity index (χ1n) is 13.9. The number of hydrogen-bond donors (Lipinski definition) is 5. The van der Waals surface area contributed by atoms with E-state index in [2.05, 4.69) is 32.0 Å². The molecule has 0 aliphatic heterocycles. The van der Waals surface area contributed by atoms with Crippen LogP contribution in [-0.2, 0) is 9.59 Å². The van der Waals surface area contributed by atoms with Gasteiger partial charge in [-0.05, 0) is 97.7 Å². The number of fused-ring (bicyclic) bond motifs is 5. The van der Waals surface area contributed by atoms with Gasteiger partial charge in [-0.15, -0.1) is 12.3 Å². The van der Waals surface area contributed by atoms with E-state index >= 15 is 0 Å². The average Bonchev–Trinajstić information content (AvgIpc) is 3.17. The Balaban J connectivity index is 1.45. The summed E-state index contributed by atoms with van der Waals surface area (Å²) in [6, 6.07) is -1.07. The number of carbonyl (C=O) groups is 2. The van der Waals surface area contributed by atoms with Crippen LogP contribution in [-0.4, -0.2) is 56.7 Å². The van der Waals surface area contributed by atoms with Gasteiger partial charge in [0.2, 0.25) is 5.91 Å². The summed E-state index contributed by atoms with van der Waals surface area (Å²) in [4.78, 5) is 23.8. The fourth-order valence-electron chi connectivity index (χ4n) is 9.28. The van der Waals surface area contributed by atoms with Crippen LogP contribution in [0.15, 0.2) is 0 Å². The lowest BCUT2D eigenvalue weighted by atomic mass is 9.43. The van der Waals surface area contributed by atoms with Gasteiger partial charge < -0.3 is 25.7 Å². The second-order valence-electron chi connectivity index (χ2n) is 12.9. The molecular formula is C29H45NO6. The molecule has 4 fully saturated rings. The second kappa shape index (κ2) is 10.3. The van der Waals surface area contributed by atoms with Crippen LogP contribution in [0.25, 0.3) is 0 Å². The molecule has 4 aliphatic carbocycles. The molecule has 0 heterocycles. The Morgan fingerprint density at radius 3 is 2.47 bits per heavy atom. The van der Waals surface area contributed by atoms with Crippen molar-refractivity contribution in [1.29, 1.82) is 0 Å². The summed E-state index contributed by atoms with van der Waals surface area (Å²) >= 11 is 0. The van der Waals surface area contributed by atoms with E-state index in [4.69, 9.17) is 6.42 Å². The van der Waals surface area contributed by atoms with Gasteiger partial charge in [0.25, 0.3) is 0 Å². The molecule has 4 aliphatic rings. The number of aliphatic hydroxyl groups excluding tert-OH is 3.